The maximum absolute atomic E-state index is 13.3. The lowest BCUT2D eigenvalue weighted by Crippen LogP contribution is -2.24. The lowest BCUT2D eigenvalue weighted by atomic mass is 10.0. The lowest BCUT2D eigenvalue weighted by Gasteiger charge is -2.12. The molecule has 7 heteroatoms. The fourth-order valence-electron chi connectivity index (χ4n) is 4.00. The number of hydrogen-bond donors (Lipinski definition) is 2. The Morgan fingerprint density at radius 1 is 0.943 bits per heavy atom. The molecule has 1 amide bonds. The highest BCUT2D eigenvalue weighted by Gasteiger charge is 2.15. The molecule has 3 aromatic carbocycles. The smallest absolute Gasteiger partial charge is 0.267 e. The summed E-state index contributed by atoms with van der Waals surface area (Å²) in [7, 11) is 0. The average Bonchev–Trinajstić information content (AvgIpc) is 2.89. The molecule has 0 atom stereocenters. The van der Waals surface area contributed by atoms with Crippen LogP contribution < -0.4 is 16.6 Å². The van der Waals surface area contributed by atoms with E-state index in [1.54, 1.807) is 43.5 Å². The second kappa shape index (κ2) is 9.23. The molecule has 3 N–H and O–H groups in total. The third-order valence-corrected chi connectivity index (χ3v) is 5.87. The van der Waals surface area contributed by atoms with Crippen molar-refractivity contribution in [2.75, 3.05) is 5.73 Å². The molecule has 172 valence electrons. The zero-order valence-corrected chi connectivity index (χ0v) is 19.1. The van der Waals surface area contributed by atoms with Gasteiger partial charge in [-0.3, -0.25) is 14.6 Å². The van der Waals surface area contributed by atoms with E-state index in [-0.39, 0.29) is 17.4 Å². The summed E-state index contributed by atoms with van der Waals surface area (Å²) in [6.07, 6.45) is 1.70. The fourth-order valence-corrected chi connectivity index (χ4v) is 4.00. The van der Waals surface area contributed by atoms with E-state index in [0.29, 0.717) is 34.4 Å². The largest absolute Gasteiger partial charge is 0.369 e. The topological polar surface area (TPSA) is 103 Å². The van der Waals surface area contributed by atoms with Crippen LogP contribution in [0.25, 0.3) is 27.7 Å². The normalized spacial score (nSPS) is 10.9. The molecule has 0 unspecified atom stereocenters. The number of aryl methyl sites for hydroxylation is 1. The van der Waals surface area contributed by atoms with Crippen molar-refractivity contribution >= 4 is 22.8 Å². The molecule has 0 saturated heterocycles. The molecule has 5 aromatic rings. The van der Waals surface area contributed by atoms with Gasteiger partial charge in [0.15, 0.2) is 0 Å². The molecular formula is C28H23N5O2. The van der Waals surface area contributed by atoms with E-state index in [2.05, 4.69) is 15.3 Å². The Labute approximate surface area is 201 Å². The number of carbonyl (C=O) groups excluding carboxylic acids is 1. The van der Waals surface area contributed by atoms with Gasteiger partial charge in [-0.2, -0.15) is 0 Å². The third-order valence-electron chi connectivity index (χ3n) is 5.87. The van der Waals surface area contributed by atoms with Gasteiger partial charge >= 0.3 is 0 Å². The van der Waals surface area contributed by atoms with Crippen molar-refractivity contribution in [1.29, 1.82) is 0 Å². The van der Waals surface area contributed by atoms with Crippen molar-refractivity contribution in [1.82, 2.24) is 19.9 Å². The Hall–Kier alpha value is -4.78. The molecular weight excluding hydrogens is 438 g/mol. The summed E-state index contributed by atoms with van der Waals surface area (Å²) < 4.78 is 1.39. The SMILES string of the molecule is Cc1ncc(-c2ccc3nc(N)n(-c4ccccc4)c(=O)c3c2)cc1C(=O)NCc1ccccc1. The van der Waals surface area contributed by atoms with Crippen molar-refractivity contribution < 1.29 is 4.79 Å². The van der Waals surface area contributed by atoms with E-state index in [1.807, 2.05) is 54.6 Å². The van der Waals surface area contributed by atoms with Crippen LogP contribution in [0.3, 0.4) is 0 Å². The molecule has 2 aromatic heterocycles. The number of nitrogen functional groups attached to an aromatic ring is 1. The van der Waals surface area contributed by atoms with Crippen LogP contribution in [0.1, 0.15) is 21.6 Å². The minimum atomic E-state index is -0.263. The standard InChI is InChI=1S/C28H23N5O2/c1-18-23(26(34)31-16-19-8-4-2-5-9-19)15-21(17-30-18)20-12-13-25-24(14-20)27(35)33(28(29)32-25)22-10-6-3-7-11-22/h2-15,17H,16H2,1H3,(H2,29,32)(H,31,34). The van der Waals surface area contributed by atoms with Crippen LogP contribution in [0.5, 0.6) is 0 Å². The number of nitrogens with one attached hydrogen (secondary N) is 1. The minimum absolute atomic E-state index is 0.121. The van der Waals surface area contributed by atoms with E-state index in [0.717, 1.165) is 16.7 Å². The summed E-state index contributed by atoms with van der Waals surface area (Å²) in [6, 6.07) is 26.0. The Bertz CT molecular complexity index is 1600. The number of anilines is 1. The van der Waals surface area contributed by atoms with Gasteiger partial charge in [0.1, 0.15) is 0 Å². The van der Waals surface area contributed by atoms with Crippen LogP contribution in [-0.4, -0.2) is 20.4 Å². The van der Waals surface area contributed by atoms with Gasteiger partial charge in [-0.1, -0.05) is 54.6 Å². The third kappa shape index (κ3) is 4.39. The Morgan fingerprint density at radius 3 is 2.40 bits per heavy atom. The van der Waals surface area contributed by atoms with Crippen molar-refractivity contribution in [3.8, 4) is 16.8 Å². The van der Waals surface area contributed by atoms with Crippen molar-refractivity contribution in [2.45, 2.75) is 13.5 Å². The zero-order chi connectivity index (χ0) is 24.4. The monoisotopic (exact) mass is 461 g/mol. The van der Waals surface area contributed by atoms with Gasteiger partial charge in [0.2, 0.25) is 5.95 Å². The van der Waals surface area contributed by atoms with E-state index < -0.39 is 0 Å². The van der Waals surface area contributed by atoms with Crippen LogP contribution in [-0.2, 0) is 6.54 Å². The predicted molar refractivity (Wildman–Crippen MR) is 137 cm³/mol. The molecule has 0 aliphatic heterocycles. The number of para-hydroxylation sites is 1. The highest BCUT2D eigenvalue weighted by molar-refractivity contribution is 5.96. The number of pyridine rings is 1. The number of nitrogens with zero attached hydrogens (tertiary/aromatic N) is 3. The fraction of sp³-hybridized carbons (Fsp3) is 0.0714. The number of rotatable bonds is 5. The molecule has 35 heavy (non-hydrogen) atoms. The second-order valence-corrected chi connectivity index (χ2v) is 8.20. The number of nitrogens with two attached hydrogens (primary N) is 1. The highest BCUT2D eigenvalue weighted by atomic mass is 16.1. The van der Waals surface area contributed by atoms with E-state index >= 15 is 0 Å². The van der Waals surface area contributed by atoms with Gasteiger partial charge in [-0.05, 0) is 48.4 Å². The van der Waals surface area contributed by atoms with Crippen LogP contribution >= 0.6 is 0 Å². The molecule has 0 saturated carbocycles. The summed E-state index contributed by atoms with van der Waals surface area (Å²) in [5.41, 5.74) is 10.6. The number of amides is 1. The van der Waals surface area contributed by atoms with Crippen LogP contribution in [0.2, 0.25) is 0 Å². The van der Waals surface area contributed by atoms with E-state index in [9.17, 15) is 9.59 Å². The van der Waals surface area contributed by atoms with Crippen molar-refractivity contribution in [3.05, 3.63) is 118 Å². The van der Waals surface area contributed by atoms with Gasteiger partial charge in [0, 0.05) is 18.3 Å². The van der Waals surface area contributed by atoms with Gasteiger partial charge in [0.25, 0.3) is 11.5 Å². The molecule has 7 nitrogen and oxygen atoms in total. The second-order valence-electron chi connectivity index (χ2n) is 8.20. The van der Waals surface area contributed by atoms with Gasteiger partial charge in [0.05, 0.1) is 27.8 Å². The Balaban J connectivity index is 1.51. The first kappa shape index (κ1) is 22.0. The summed E-state index contributed by atoms with van der Waals surface area (Å²) in [4.78, 5) is 35.1. The van der Waals surface area contributed by atoms with Gasteiger partial charge in [-0.15, -0.1) is 0 Å². The quantitative estimate of drug-likeness (QED) is 0.407. The molecule has 0 radical (unpaired) electrons. The first-order chi connectivity index (χ1) is 17.0. The van der Waals surface area contributed by atoms with Crippen LogP contribution in [0, 0.1) is 6.92 Å². The van der Waals surface area contributed by atoms with Crippen LogP contribution in [0.15, 0.2) is 95.9 Å². The van der Waals surface area contributed by atoms with Crippen LogP contribution in [0.4, 0.5) is 5.95 Å². The molecule has 0 aliphatic rings. The van der Waals surface area contributed by atoms with E-state index in [1.165, 1.54) is 4.57 Å². The maximum Gasteiger partial charge on any atom is 0.267 e. The number of carbonyl (C=O) groups is 1. The van der Waals surface area contributed by atoms with Gasteiger partial charge in [-0.25, -0.2) is 9.55 Å². The maximum atomic E-state index is 13.3. The first-order valence-corrected chi connectivity index (χ1v) is 11.2. The molecule has 2 heterocycles. The lowest BCUT2D eigenvalue weighted by molar-refractivity contribution is 0.0950. The molecule has 5 rings (SSSR count). The summed E-state index contributed by atoms with van der Waals surface area (Å²) in [6.45, 7) is 2.22. The Kier molecular flexibility index (Phi) is 5.81. The molecule has 0 spiro atoms. The van der Waals surface area contributed by atoms with Crippen molar-refractivity contribution in [2.24, 2.45) is 0 Å². The Morgan fingerprint density at radius 2 is 1.66 bits per heavy atom. The summed E-state index contributed by atoms with van der Waals surface area (Å²) >= 11 is 0. The first-order valence-electron chi connectivity index (χ1n) is 11.2. The summed E-state index contributed by atoms with van der Waals surface area (Å²) in [5.74, 6) is -0.0850. The zero-order valence-electron chi connectivity index (χ0n) is 19.1. The van der Waals surface area contributed by atoms with Crippen molar-refractivity contribution in [3.63, 3.8) is 0 Å². The molecule has 0 bridgehead atoms. The van der Waals surface area contributed by atoms with Gasteiger partial charge < -0.3 is 11.1 Å². The number of aromatic nitrogens is 3. The average molecular weight is 462 g/mol. The number of hydrogen-bond acceptors (Lipinski definition) is 5. The molecule has 0 fully saturated rings. The highest BCUT2D eigenvalue weighted by Crippen LogP contribution is 2.25. The predicted octanol–water partition coefficient (Wildman–Crippen LogP) is 4.27. The number of fused-ring (bicyclic) bond motifs is 1. The minimum Gasteiger partial charge on any atom is -0.369 e. The molecule has 0 aliphatic carbocycles. The number of benzene rings is 3. The summed E-state index contributed by atoms with van der Waals surface area (Å²) in [5, 5.41) is 3.38. The van der Waals surface area contributed by atoms with E-state index in [4.69, 9.17) is 5.73 Å².